The standard InChI is InChI=1S/C20H24N8/c1-15-10-16(24-20-23-14-28(25-20)19-4-5-21-13-22-19)12-18(11-15)27-8-6-26(7-9-27)17-2-3-17/h4-5,10-14,17H,2-3,6-9H2,1H3,(H,24,25). The Morgan fingerprint density at radius 2 is 1.89 bits per heavy atom. The molecular formula is C20H24N8. The molecule has 2 aliphatic rings. The van der Waals surface area contributed by atoms with E-state index in [0.29, 0.717) is 11.8 Å². The molecular weight excluding hydrogens is 352 g/mol. The van der Waals surface area contributed by atoms with E-state index in [4.69, 9.17) is 0 Å². The molecule has 144 valence electrons. The van der Waals surface area contributed by atoms with Crippen LogP contribution in [0.3, 0.4) is 0 Å². The van der Waals surface area contributed by atoms with Crippen LogP contribution in [0.4, 0.5) is 17.3 Å². The quantitative estimate of drug-likeness (QED) is 0.733. The van der Waals surface area contributed by atoms with Crippen molar-refractivity contribution in [2.24, 2.45) is 0 Å². The van der Waals surface area contributed by atoms with Gasteiger partial charge in [0, 0.05) is 55.9 Å². The average molecular weight is 376 g/mol. The van der Waals surface area contributed by atoms with Gasteiger partial charge in [0.25, 0.3) is 0 Å². The average Bonchev–Trinajstić information content (AvgIpc) is 3.47. The maximum atomic E-state index is 4.47. The van der Waals surface area contributed by atoms with E-state index in [2.05, 4.69) is 60.3 Å². The highest BCUT2D eigenvalue weighted by atomic mass is 15.4. The van der Waals surface area contributed by atoms with E-state index in [1.807, 2.05) is 0 Å². The number of hydrogen-bond acceptors (Lipinski definition) is 7. The molecule has 1 aliphatic heterocycles. The van der Waals surface area contributed by atoms with Gasteiger partial charge in [0.05, 0.1) is 0 Å². The van der Waals surface area contributed by atoms with Gasteiger partial charge in [-0.1, -0.05) is 0 Å². The highest BCUT2D eigenvalue weighted by molar-refractivity contribution is 5.64. The third-order valence-electron chi connectivity index (χ3n) is 5.35. The van der Waals surface area contributed by atoms with Crippen LogP contribution in [0.5, 0.6) is 0 Å². The van der Waals surface area contributed by atoms with E-state index in [1.165, 1.54) is 30.4 Å². The van der Waals surface area contributed by atoms with Crippen LogP contribution in [-0.2, 0) is 0 Å². The predicted octanol–water partition coefficient (Wildman–Crippen LogP) is 2.39. The fraction of sp³-hybridized carbons (Fsp3) is 0.400. The third kappa shape index (κ3) is 3.68. The first-order chi connectivity index (χ1) is 13.7. The maximum absolute atomic E-state index is 4.47. The molecule has 1 N–H and O–H groups in total. The SMILES string of the molecule is Cc1cc(Nc2ncn(-c3ccncn3)n2)cc(N2CCN(C3CC3)CC2)c1. The molecule has 0 bridgehead atoms. The van der Waals surface area contributed by atoms with Gasteiger partial charge in [-0.2, -0.15) is 4.98 Å². The Labute approximate surface area is 164 Å². The van der Waals surface area contributed by atoms with Gasteiger partial charge in [-0.05, 0) is 43.5 Å². The first-order valence-corrected chi connectivity index (χ1v) is 9.80. The van der Waals surface area contributed by atoms with Crippen molar-refractivity contribution >= 4 is 17.3 Å². The lowest BCUT2D eigenvalue weighted by Gasteiger charge is -2.36. The van der Waals surface area contributed by atoms with Crippen LogP contribution in [0.25, 0.3) is 5.82 Å². The van der Waals surface area contributed by atoms with Crippen molar-refractivity contribution in [1.29, 1.82) is 0 Å². The number of nitrogens with zero attached hydrogens (tertiary/aromatic N) is 7. The van der Waals surface area contributed by atoms with Crippen LogP contribution in [-0.4, -0.2) is 61.9 Å². The van der Waals surface area contributed by atoms with Crippen molar-refractivity contribution in [3.8, 4) is 5.82 Å². The fourth-order valence-electron chi connectivity index (χ4n) is 3.78. The minimum Gasteiger partial charge on any atom is -0.369 e. The second-order valence-electron chi connectivity index (χ2n) is 7.52. The minimum atomic E-state index is 0.550. The van der Waals surface area contributed by atoms with E-state index in [9.17, 15) is 0 Å². The molecule has 0 unspecified atom stereocenters. The van der Waals surface area contributed by atoms with Gasteiger partial charge in [-0.3, -0.25) is 4.90 Å². The summed E-state index contributed by atoms with van der Waals surface area (Å²) in [6.45, 7) is 6.61. The molecule has 1 aromatic carbocycles. The topological polar surface area (TPSA) is 75.0 Å². The van der Waals surface area contributed by atoms with E-state index in [1.54, 1.807) is 23.3 Å². The zero-order chi connectivity index (χ0) is 18.9. The van der Waals surface area contributed by atoms with Crippen molar-refractivity contribution < 1.29 is 0 Å². The number of rotatable bonds is 5. The molecule has 3 aromatic rings. The van der Waals surface area contributed by atoms with Crippen LogP contribution < -0.4 is 10.2 Å². The van der Waals surface area contributed by atoms with Crippen LogP contribution in [0.15, 0.2) is 43.1 Å². The number of aryl methyl sites for hydroxylation is 1. The smallest absolute Gasteiger partial charge is 0.247 e. The number of aromatic nitrogens is 5. The lowest BCUT2D eigenvalue weighted by atomic mass is 10.1. The maximum Gasteiger partial charge on any atom is 0.247 e. The second-order valence-corrected chi connectivity index (χ2v) is 7.52. The number of piperazine rings is 1. The Balaban J connectivity index is 1.30. The normalized spacial score (nSPS) is 17.7. The highest BCUT2D eigenvalue weighted by Crippen LogP contribution is 2.30. The van der Waals surface area contributed by atoms with E-state index >= 15 is 0 Å². The summed E-state index contributed by atoms with van der Waals surface area (Å²) in [5, 5.41) is 7.80. The molecule has 2 aromatic heterocycles. The van der Waals surface area contributed by atoms with Crippen molar-refractivity contribution in [2.75, 3.05) is 36.4 Å². The Hall–Kier alpha value is -3.00. The molecule has 1 aliphatic carbocycles. The van der Waals surface area contributed by atoms with Crippen molar-refractivity contribution in [3.63, 3.8) is 0 Å². The minimum absolute atomic E-state index is 0.550. The van der Waals surface area contributed by atoms with Gasteiger partial charge in [0.15, 0.2) is 5.82 Å². The van der Waals surface area contributed by atoms with Gasteiger partial charge in [0.2, 0.25) is 5.95 Å². The van der Waals surface area contributed by atoms with Crippen molar-refractivity contribution in [1.82, 2.24) is 29.6 Å². The van der Waals surface area contributed by atoms with Crippen LogP contribution in [0.2, 0.25) is 0 Å². The molecule has 1 saturated carbocycles. The van der Waals surface area contributed by atoms with Crippen LogP contribution in [0.1, 0.15) is 18.4 Å². The summed E-state index contributed by atoms with van der Waals surface area (Å²) in [5.41, 5.74) is 3.48. The summed E-state index contributed by atoms with van der Waals surface area (Å²) in [6, 6.07) is 9.21. The number of anilines is 3. The Morgan fingerprint density at radius 3 is 2.64 bits per heavy atom. The third-order valence-corrected chi connectivity index (χ3v) is 5.35. The number of hydrogen-bond donors (Lipinski definition) is 1. The molecule has 5 rings (SSSR count). The molecule has 2 fully saturated rings. The predicted molar refractivity (Wildman–Crippen MR) is 108 cm³/mol. The lowest BCUT2D eigenvalue weighted by Crippen LogP contribution is -2.47. The van der Waals surface area contributed by atoms with Crippen LogP contribution in [0, 0.1) is 6.92 Å². The zero-order valence-electron chi connectivity index (χ0n) is 16.0. The first kappa shape index (κ1) is 17.1. The van der Waals surface area contributed by atoms with Gasteiger partial charge in [-0.15, -0.1) is 5.10 Å². The second kappa shape index (κ2) is 7.20. The molecule has 28 heavy (non-hydrogen) atoms. The monoisotopic (exact) mass is 376 g/mol. The summed E-state index contributed by atoms with van der Waals surface area (Å²) in [6.07, 6.45) is 7.60. The van der Waals surface area contributed by atoms with Crippen molar-refractivity contribution in [3.05, 3.63) is 48.7 Å². The fourth-order valence-corrected chi connectivity index (χ4v) is 3.78. The molecule has 0 amide bonds. The Bertz CT molecular complexity index is 942. The molecule has 0 atom stereocenters. The lowest BCUT2D eigenvalue weighted by molar-refractivity contribution is 0.248. The Kier molecular flexibility index (Phi) is 4.40. The molecule has 8 heteroatoms. The molecule has 3 heterocycles. The van der Waals surface area contributed by atoms with Gasteiger partial charge in [-0.25, -0.2) is 14.6 Å². The molecule has 1 saturated heterocycles. The zero-order valence-corrected chi connectivity index (χ0v) is 16.0. The van der Waals surface area contributed by atoms with Gasteiger partial charge in [0.1, 0.15) is 12.7 Å². The summed E-state index contributed by atoms with van der Waals surface area (Å²) in [5.74, 6) is 1.24. The van der Waals surface area contributed by atoms with E-state index < -0.39 is 0 Å². The van der Waals surface area contributed by atoms with E-state index in [-0.39, 0.29) is 0 Å². The number of nitrogens with one attached hydrogen (secondary N) is 1. The van der Waals surface area contributed by atoms with Crippen LogP contribution >= 0.6 is 0 Å². The van der Waals surface area contributed by atoms with Gasteiger partial charge >= 0.3 is 0 Å². The van der Waals surface area contributed by atoms with Gasteiger partial charge < -0.3 is 10.2 Å². The summed E-state index contributed by atoms with van der Waals surface area (Å²) in [4.78, 5) is 17.6. The Morgan fingerprint density at radius 1 is 1.04 bits per heavy atom. The first-order valence-electron chi connectivity index (χ1n) is 9.80. The number of benzene rings is 1. The largest absolute Gasteiger partial charge is 0.369 e. The van der Waals surface area contributed by atoms with E-state index in [0.717, 1.165) is 37.9 Å². The summed E-state index contributed by atoms with van der Waals surface area (Å²) in [7, 11) is 0. The molecule has 8 nitrogen and oxygen atoms in total. The molecule has 0 radical (unpaired) electrons. The summed E-state index contributed by atoms with van der Waals surface area (Å²) >= 11 is 0. The summed E-state index contributed by atoms with van der Waals surface area (Å²) < 4.78 is 1.64. The molecule has 0 spiro atoms. The highest BCUT2D eigenvalue weighted by Gasteiger charge is 2.31. The van der Waals surface area contributed by atoms with Crippen molar-refractivity contribution in [2.45, 2.75) is 25.8 Å².